The topological polar surface area (TPSA) is 231 Å². The molecule has 410 valence electrons. The van der Waals surface area contributed by atoms with Gasteiger partial charge in [0.15, 0.2) is 18.7 Å². The summed E-state index contributed by atoms with van der Waals surface area (Å²) in [7, 11) is 0. The summed E-state index contributed by atoms with van der Waals surface area (Å²) >= 11 is 0. The van der Waals surface area contributed by atoms with Crippen LogP contribution in [0, 0.1) is 0 Å². The lowest BCUT2D eigenvalue weighted by atomic mass is 9.98. The number of carbonyl (C=O) groups is 2. The summed E-state index contributed by atoms with van der Waals surface area (Å²) in [6.45, 7) is 2.58. The molecule has 15 heteroatoms. The SMILES string of the molecule is CCCC/C=C/CCCCCCCCCCCC(=O)OC[C@H](CO[C@H]1O[C@@H](CO[C@H]2O[C@@H](CO)[C@@H](O)C(O)C2O)[C@@H](O)C(O)C1O)OC(=O)CCCCCCCCCCC/C=C/CCCCCCCC. The zero-order valence-electron chi connectivity index (χ0n) is 43.5. The number of rotatable bonds is 44. The number of carbonyl (C=O) groups excluding carboxylic acids is 2. The normalized spacial score (nSPS) is 25.5. The molecule has 2 aliphatic rings. The summed E-state index contributed by atoms with van der Waals surface area (Å²) in [6, 6.07) is 0. The predicted octanol–water partition coefficient (Wildman–Crippen LogP) is 8.72. The van der Waals surface area contributed by atoms with Crippen molar-refractivity contribution in [3.05, 3.63) is 24.3 Å². The minimum atomic E-state index is -1.76. The molecule has 2 saturated heterocycles. The maximum absolute atomic E-state index is 13.0. The smallest absolute Gasteiger partial charge is 0.306 e. The highest BCUT2D eigenvalue weighted by molar-refractivity contribution is 5.70. The van der Waals surface area contributed by atoms with Crippen LogP contribution < -0.4 is 0 Å². The molecule has 0 bridgehead atoms. The molecule has 0 aromatic rings. The van der Waals surface area contributed by atoms with E-state index >= 15 is 0 Å². The molecule has 70 heavy (non-hydrogen) atoms. The molecule has 2 fully saturated rings. The highest BCUT2D eigenvalue weighted by Crippen LogP contribution is 2.27. The van der Waals surface area contributed by atoms with Crippen molar-refractivity contribution < 1.29 is 73.8 Å². The molecule has 15 nitrogen and oxygen atoms in total. The molecule has 2 rings (SSSR count). The van der Waals surface area contributed by atoms with Gasteiger partial charge in [-0.25, -0.2) is 0 Å². The summed E-state index contributed by atoms with van der Waals surface area (Å²) in [6.07, 6.45) is 27.7. The van der Waals surface area contributed by atoms with E-state index in [2.05, 4.69) is 38.2 Å². The number of hydrogen-bond donors (Lipinski definition) is 7. The quantitative estimate of drug-likeness (QED) is 0.0172. The second kappa shape index (κ2) is 42.3. The van der Waals surface area contributed by atoms with E-state index in [9.17, 15) is 45.3 Å². The summed E-state index contributed by atoms with van der Waals surface area (Å²) < 4.78 is 33.7. The van der Waals surface area contributed by atoms with Gasteiger partial charge < -0.3 is 64.2 Å². The third-order valence-electron chi connectivity index (χ3n) is 13.4. The number of aliphatic hydroxyl groups is 7. The van der Waals surface area contributed by atoms with Crippen LogP contribution in [-0.4, -0.2) is 142 Å². The first-order valence-corrected chi connectivity index (χ1v) is 27.9. The molecule has 0 radical (unpaired) electrons. The zero-order chi connectivity index (χ0) is 51.0. The van der Waals surface area contributed by atoms with Gasteiger partial charge in [0.25, 0.3) is 0 Å². The Morgan fingerprint density at radius 3 is 1.30 bits per heavy atom. The van der Waals surface area contributed by atoms with Crippen LogP contribution in [0.5, 0.6) is 0 Å². The second-order valence-corrected chi connectivity index (χ2v) is 19.8. The molecular weight excluding hydrogens is 901 g/mol. The summed E-state index contributed by atoms with van der Waals surface area (Å²) in [5.41, 5.74) is 0. The van der Waals surface area contributed by atoms with E-state index in [1.807, 2.05) is 0 Å². The molecule has 2 heterocycles. The summed E-state index contributed by atoms with van der Waals surface area (Å²) in [5.74, 6) is -0.922. The van der Waals surface area contributed by atoms with Crippen molar-refractivity contribution in [2.24, 2.45) is 0 Å². The minimum absolute atomic E-state index is 0.165. The molecule has 0 aliphatic carbocycles. The van der Waals surface area contributed by atoms with Gasteiger partial charge in [-0.3, -0.25) is 9.59 Å². The predicted molar refractivity (Wildman–Crippen MR) is 271 cm³/mol. The fourth-order valence-corrected chi connectivity index (χ4v) is 8.78. The van der Waals surface area contributed by atoms with Gasteiger partial charge in [-0.1, -0.05) is 173 Å². The van der Waals surface area contributed by atoms with Gasteiger partial charge in [-0.2, -0.15) is 0 Å². The van der Waals surface area contributed by atoms with E-state index in [4.69, 9.17) is 28.4 Å². The van der Waals surface area contributed by atoms with Crippen LogP contribution >= 0.6 is 0 Å². The molecule has 0 aromatic carbocycles. The molecular formula is C55H100O15. The molecule has 4 unspecified atom stereocenters. The van der Waals surface area contributed by atoms with Crippen LogP contribution in [0.3, 0.4) is 0 Å². The van der Waals surface area contributed by atoms with Gasteiger partial charge in [-0.15, -0.1) is 0 Å². The molecule has 2 aliphatic heterocycles. The fraction of sp³-hybridized carbons (Fsp3) is 0.891. The maximum Gasteiger partial charge on any atom is 0.306 e. The van der Waals surface area contributed by atoms with Gasteiger partial charge in [0.05, 0.1) is 19.8 Å². The van der Waals surface area contributed by atoms with Gasteiger partial charge >= 0.3 is 11.9 Å². The first-order valence-electron chi connectivity index (χ1n) is 27.9. The Kier molecular flexibility index (Phi) is 38.8. The van der Waals surface area contributed by atoms with Crippen molar-refractivity contribution in [3.63, 3.8) is 0 Å². The number of aliphatic hydroxyl groups excluding tert-OH is 7. The highest BCUT2D eigenvalue weighted by atomic mass is 16.7. The Morgan fingerprint density at radius 2 is 0.829 bits per heavy atom. The average molecular weight is 1000 g/mol. The van der Waals surface area contributed by atoms with Crippen molar-refractivity contribution in [1.29, 1.82) is 0 Å². The third-order valence-corrected chi connectivity index (χ3v) is 13.4. The second-order valence-electron chi connectivity index (χ2n) is 19.8. The maximum atomic E-state index is 13.0. The Morgan fingerprint density at radius 1 is 0.443 bits per heavy atom. The van der Waals surface area contributed by atoms with Crippen LogP contribution in [-0.2, 0) is 38.0 Å². The van der Waals surface area contributed by atoms with Crippen LogP contribution in [0.25, 0.3) is 0 Å². The van der Waals surface area contributed by atoms with Gasteiger partial charge in [-0.05, 0) is 57.8 Å². The number of esters is 2. The van der Waals surface area contributed by atoms with Crippen LogP contribution in [0.1, 0.15) is 219 Å². The standard InChI is InChI=1S/C55H100O15/c1-3-5-7-9-11-13-15-17-19-20-21-22-24-26-28-30-32-34-36-38-47(58)68-43(40-65-46(57)37-35-33-31-29-27-25-23-18-16-14-12-10-8-6-4-2)41-66-54-53(64)51(62)49(60)45(70-54)42-67-55-52(63)50(61)48(59)44(39-56)69-55/h10,12,17,19,43-45,48-56,59-64H,3-9,11,13-16,18,20-42H2,1-2H3/b12-10+,19-17+/t43-,44+,45+,48-,49-,50?,51?,52?,53?,54+,55+/m1/s1. The monoisotopic (exact) mass is 1000 g/mol. The molecule has 0 spiro atoms. The average Bonchev–Trinajstić information content (AvgIpc) is 3.35. The van der Waals surface area contributed by atoms with E-state index in [1.54, 1.807) is 0 Å². The lowest BCUT2D eigenvalue weighted by Gasteiger charge is -2.42. The molecule has 0 aromatic heterocycles. The number of unbranched alkanes of at least 4 members (excludes halogenated alkanes) is 26. The lowest BCUT2D eigenvalue weighted by Crippen LogP contribution is -2.61. The van der Waals surface area contributed by atoms with Crippen LogP contribution in [0.15, 0.2) is 24.3 Å². The van der Waals surface area contributed by atoms with Crippen molar-refractivity contribution >= 4 is 11.9 Å². The Balaban J connectivity index is 1.77. The highest BCUT2D eigenvalue weighted by Gasteiger charge is 2.47. The molecule has 0 amide bonds. The first kappa shape index (κ1) is 64.1. The minimum Gasteiger partial charge on any atom is -0.462 e. The Hall–Kier alpha value is -2.02. The van der Waals surface area contributed by atoms with Crippen molar-refractivity contribution in [1.82, 2.24) is 0 Å². The van der Waals surface area contributed by atoms with E-state index < -0.39 is 92.7 Å². The third kappa shape index (κ3) is 29.6. The molecule has 0 saturated carbocycles. The van der Waals surface area contributed by atoms with Gasteiger partial charge in [0, 0.05) is 12.8 Å². The van der Waals surface area contributed by atoms with Crippen LogP contribution in [0.2, 0.25) is 0 Å². The van der Waals surface area contributed by atoms with Gasteiger partial charge in [0.1, 0.15) is 55.4 Å². The van der Waals surface area contributed by atoms with Crippen molar-refractivity contribution in [3.8, 4) is 0 Å². The number of hydrogen-bond acceptors (Lipinski definition) is 15. The zero-order valence-corrected chi connectivity index (χ0v) is 43.5. The Bertz CT molecular complexity index is 1310. The lowest BCUT2D eigenvalue weighted by molar-refractivity contribution is -0.332. The summed E-state index contributed by atoms with van der Waals surface area (Å²) in [4.78, 5) is 25.8. The van der Waals surface area contributed by atoms with E-state index in [0.29, 0.717) is 12.8 Å². The summed E-state index contributed by atoms with van der Waals surface area (Å²) in [5, 5.41) is 72.2. The van der Waals surface area contributed by atoms with E-state index in [0.717, 1.165) is 51.4 Å². The van der Waals surface area contributed by atoms with E-state index in [-0.39, 0.29) is 26.1 Å². The van der Waals surface area contributed by atoms with Gasteiger partial charge in [0.2, 0.25) is 0 Å². The van der Waals surface area contributed by atoms with Crippen LogP contribution in [0.4, 0.5) is 0 Å². The first-order chi connectivity index (χ1) is 34.0. The Labute approximate surface area is 422 Å². The van der Waals surface area contributed by atoms with Crippen molar-refractivity contribution in [2.75, 3.05) is 26.4 Å². The van der Waals surface area contributed by atoms with E-state index in [1.165, 1.54) is 128 Å². The number of ether oxygens (including phenoxy) is 6. The van der Waals surface area contributed by atoms with Crippen molar-refractivity contribution in [2.45, 2.75) is 287 Å². The molecule has 7 N–H and O–H groups in total. The molecule has 11 atom stereocenters. The largest absolute Gasteiger partial charge is 0.462 e. The number of allylic oxidation sites excluding steroid dienone is 4. The fourth-order valence-electron chi connectivity index (χ4n) is 8.78.